The van der Waals surface area contributed by atoms with E-state index >= 15 is 0 Å². The van der Waals surface area contributed by atoms with Crippen LogP contribution in [0.5, 0.6) is 11.5 Å². The molecule has 1 unspecified atom stereocenters. The van der Waals surface area contributed by atoms with Crippen LogP contribution in [0.3, 0.4) is 0 Å². The Balaban J connectivity index is 1.66. The lowest BCUT2D eigenvalue weighted by Crippen LogP contribution is -2.40. The average Bonchev–Trinajstić information content (AvgIpc) is 3.25. The molecule has 0 N–H and O–H groups in total. The number of piperidine rings is 1. The van der Waals surface area contributed by atoms with Crippen molar-refractivity contribution in [1.29, 1.82) is 0 Å². The first kappa shape index (κ1) is 20.4. The lowest BCUT2D eigenvalue weighted by atomic mass is 9.97. The van der Waals surface area contributed by atoms with E-state index in [1.807, 2.05) is 48.5 Å². The number of carbonyl (C=O) groups is 1. The van der Waals surface area contributed by atoms with Gasteiger partial charge in [0.15, 0.2) is 0 Å². The van der Waals surface area contributed by atoms with Crippen molar-refractivity contribution in [3.63, 3.8) is 0 Å². The Morgan fingerprint density at radius 2 is 1.80 bits per heavy atom. The molecule has 2 aromatic rings. The van der Waals surface area contributed by atoms with E-state index in [-0.39, 0.29) is 11.9 Å². The van der Waals surface area contributed by atoms with Crippen molar-refractivity contribution >= 4 is 11.6 Å². The molecule has 2 aliphatic heterocycles. The van der Waals surface area contributed by atoms with Crippen LogP contribution in [-0.4, -0.2) is 55.4 Å². The highest BCUT2D eigenvalue weighted by Crippen LogP contribution is 2.39. The first-order valence-corrected chi connectivity index (χ1v) is 10.6. The van der Waals surface area contributed by atoms with Crippen LogP contribution in [0.2, 0.25) is 0 Å². The van der Waals surface area contributed by atoms with Gasteiger partial charge in [-0.1, -0.05) is 36.8 Å². The molecule has 2 aromatic carbocycles. The molecule has 6 nitrogen and oxygen atoms in total. The summed E-state index contributed by atoms with van der Waals surface area (Å²) in [6.07, 6.45) is 4.19. The Hall–Kier alpha value is -2.86. The van der Waals surface area contributed by atoms with Gasteiger partial charge in [-0.2, -0.15) is 5.10 Å². The molecule has 1 atom stereocenters. The SMILES string of the molecule is COc1ccc(OC)c(C2CC(c3ccccc3)=NN2C(=O)CN2CCCCC2)c1. The zero-order valence-corrected chi connectivity index (χ0v) is 17.7. The lowest BCUT2D eigenvalue weighted by Gasteiger charge is -2.29. The van der Waals surface area contributed by atoms with E-state index in [2.05, 4.69) is 4.90 Å². The summed E-state index contributed by atoms with van der Waals surface area (Å²) in [7, 11) is 3.30. The van der Waals surface area contributed by atoms with Crippen molar-refractivity contribution in [2.24, 2.45) is 5.10 Å². The van der Waals surface area contributed by atoms with E-state index < -0.39 is 0 Å². The number of rotatable bonds is 6. The Kier molecular flexibility index (Phi) is 6.33. The molecule has 0 radical (unpaired) electrons. The molecule has 2 aliphatic rings. The molecule has 0 saturated carbocycles. The van der Waals surface area contributed by atoms with Gasteiger partial charge in [0.2, 0.25) is 0 Å². The standard InChI is InChI=1S/C24H29N3O3/c1-29-19-11-12-23(30-2)20(15-19)22-16-21(18-9-5-3-6-10-18)25-27(22)24(28)17-26-13-7-4-8-14-26/h3,5-6,9-12,15,22H,4,7-8,13-14,16-17H2,1-2H3. The molecule has 2 heterocycles. The first-order valence-electron chi connectivity index (χ1n) is 10.6. The van der Waals surface area contributed by atoms with Crippen LogP contribution in [0, 0.1) is 0 Å². The Morgan fingerprint density at radius 1 is 1.03 bits per heavy atom. The number of ether oxygens (including phenoxy) is 2. The van der Waals surface area contributed by atoms with Crippen molar-refractivity contribution < 1.29 is 14.3 Å². The predicted molar refractivity (Wildman–Crippen MR) is 117 cm³/mol. The molecular formula is C24H29N3O3. The van der Waals surface area contributed by atoms with Gasteiger partial charge in [-0.15, -0.1) is 0 Å². The van der Waals surface area contributed by atoms with E-state index in [1.54, 1.807) is 19.2 Å². The van der Waals surface area contributed by atoms with Gasteiger partial charge in [-0.25, -0.2) is 5.01 Å². The highest BCUT2D eigenvalue weighted by molar-refractivity contribution is 6.03. The average molecular weight is 408 g/mol. The third-order valence-electron chi connectivity index (χ3n) is 5.88. The zero-order chi connectivity index (χ0) is 20.9. The van der Waals surface area contributed by atoms with Crippen molar-refractivity contribution in [1.82, 2.24) is 9.91 Å². The maximum absolute atomic E-state index is 13.3. The van der Waals surface area contributed by atoms with E-state index in [4.69, 9.17) is 14.6 Å². The van der Waals surface area contributed by atoms with E-state index in [0.717, 1.165) is 54.3 Å². The minimum atomic E-state index is -0.220. The largest absolute Gasteiger partial charge is 0.497 e. The second-order valence-electron chi connectivity index (χ2n) is 7.82. The summed E-state index contributed by atoms with van der Waals surface area (Å²) in [5.74, 6) is 1.50. The number of likely N-dealkylation sites (tertiary alicyclic amines) is 1. The fraction of sp³-hybridized carbons (Fsp3) is 0.417. The maximum atomic E-state index is 13.3. The van der Waals surface area contributed by atoms with Gasteiger partial charge >= 0.3 is 0 Å². The topological polar surface area (TPSA) is 54.4 Å². The molecule has 0 bridgehead atoms. The minimum absolute atomic E-state index is 0.0257. The van der Waals surface area contributed by atoms with Crippen molar-refractivity contribution in [2.45, 2.75) is 31.7 Å². The minimum Gasteiger partial charge on any atom is -0.497 e. The summed E-state index contributed by atoms with van der Waals surface area (Å²) < 4.78 is 11.1. The molecule has 6 heteroatoms. The molecule has 0 aromatic heterocycles. The number of amides is 1. The molecule has 4 rings (SSSR count). The van der Waals surface area contributed by atoms with Gasteiger partial charge in [0.1, 0.15) is 11.5 Å². The summed E-state index contributed by atoms with van der Waals surface area (Å²) in [4.78, 5) is 15.6. The monoisotopic (exact) mass is 407 g/mol. The normalized spacial score (nSPS) is 19.5. The molecule has 0 aliphatic carbocycles. The molecule has 0 spiro atoms. The van der Waals surface area contributed by atoms with Crippen LogP contribution in [0.25, 0.3) is 0 Å². The van der Waals surface area contributed by atoms with Crippen LogP contribution in [-0.2, 0) is 4.79 Å². The van der Waals surface area contributed by atoms with E-state index in [9.17, 15) is 4.79 Å². The Morgan fingerprint density at radius 3 is 2.50 bits per heavy atom. The van der Waals surface area contributed by atoms with E-state index in [1.165, 1.54) is 6.42 Å². The number of hydrogen-bond donors (Lipinski definition) is 0. The highest BCUT2D eigenvalue weighted by atomic mass is 16.5. The van der Waals surface area contributed by atoms with Crippen molar-refractivity contribution in [2.75, 3.05) is 33.9 Å². The molecule has 30 heavy (non-hydrogen) atoms. The van der Waals surface area contributed by atoms with Crippen molar-refractivity contribution in [3.8, 4) is 11.5 Å². The second-order valence-corrected chi connectivity index (χ2v) is 7.82. The molecule has 1 fully saturated rings. The van der Waals surface area contributed by atoms with Crippen LogP contribution in [0.15, 0.2) is 53.6 Å². The Labute approximate surface area is 178 Å². The fourth-order valence-electron chi connectivity index (χ4n) is 4.27. The molecule has 1 amide bonds. The van der Waals surface area contributed by atoms with Crippen LogP contribution in [0.4, 0.5) is 0 Å². The fourth-order valence-corrected chi connectivity index (χ4v) is 4.27. The second kappa shape index (κ2) is 9.30. The summed E-state index contributed by atoms with van der Waals surface area (Å²) >= 11 is 0. The Bertz CT molecular complexity index is 907. The number of benzene rings is 2. The zero-order valence-electron chi connectivity index (χ0n) is 17.7. The third kappa shape index (κ3) is 4.33. The lowest BCUT2D eigenvalue weighted by molar-refractivity contribution is -0.134. The number of carbonyl (C=O) groups excluding carboxylic acids is 1. The van der Waals surface area contributed by atoms with Crippen LogP contribution >= 0.6 is 0 Å². The number of methoxy groups -OCH3 is 2. The van der Waals surface area contributed by atoms with Crippen molar-refractivity contribution in [3.05, 3.63) is 59.7 Å². The summed E-state index contributed by atoms with van der Waals surface area (Å²) in [5, 5.41) is 6.45. The number of hydrazone groups is 1. The van der Waals surface area contributed by atoms with Gasteiger partial charge in [0.25, 0.3) is 5.91 Å². The predicted octanol–water partition coefficient (Wildman–Crippen LogP) is 3.87. The summed E-state index contributed by atoms with van der Waals surface area (Å²) in [6.45, 7) is 2.35. The number of hydrogen-bond acceptors (Lipinski definition) is 5. The quantitative estimate of drug-likeness (QED) is 0.730. The van der Waals surface area contributed by atoms with Crippen LogP contribution in [0.1, 0.15) is 42.9 Å². The maximum Gasteiger partial charge on any atom is 0.257 e. The van der Waals surface area contributed by atoms with Gasteiger partial charge in [-0.3, -0.25) is 9.69 Å². The van der Waals surface area contributed by atoms with Gasteiger partial charge < -0.3 is 9.47 Å². The van der Waals surface area contributed by atoms with Gasteiger partial charge in [0.05, 0.1) is 32.5 Å². The molecular weight excluding hydrogens is 378 g/mol. The molecule has 1 saturated heterocycles. The van der Waals surface area contributed by atoms with Gasteiger partial charge in [0, 0.05) is 12.0 Å². The third-order valence-corrected chi connectivity index (χ3v) is 5.88. The molecule has 158 valence electrons. The number of nitrogens with zero attached hydrogens (tertiary/aromatic N) is 3. The summed E-state index contributed by atoms with van der Waals surface area (Å²) in [6, 6.07) is 15.6. The summed E-state index contributed by atoms with van der Waals surface area (Å²) in [5.41, 5.74) is 2.87. The van der Waals surface area contributed by atoms with Crippen LogP contribution < -0.4 is 9.47 Å². The smallest absolute Gasteiger partial charge is 0.257 e. The van der Waals surface area contributed by atoms with E-state index in [0.29, 0.717) is 13.0 Å². The highest BCUT2D eigenvalue weighted by Gasteiger charge is 2.35. The first-order chi connectivity index (χ1) is 14.7. The van der Waals surface area contributed by atoms with Gasteiger partial charge in [-0.05, 0) is 49.7 Å².